The number of hydrogen-bond acceptors (Lipinski definition) is 3. The lowest BCUT2D eigenvalue weighted by atomic mass is 9.85. The summed E-state index contributed by atoms with van der Waals surface area (Å²) in [5.74, 6) is 1.77. The van der Waals surface area contributed by atoms with Crippen LogP contribution in [0.15, 0.2) is 12.3 Å². The van der Waals surface area contributed by atoms with Crippen LogP contribution in [0, 0.1) is 12.8 Å². The van der Waals surface area contributed by atoms with Crippen molar-refractivity contribution < 1.29 is 0 Å². The van der Waals surface area contributed by atoms with E-state index in [9.17, 15) is 0 Å². The van der Waals surface area contributed by atoms with Gasteiger partial charge >= 0.3 is 0 Å². The third-order valence-electron chi connectivity index (χ3n) is 3.15. The molecular formula is C12H19N3. The summed E-state index contributed by atoms with van der Waals surface area (Å²) >= 11 is 0. The maximum atomic E-state index is 5.95. The second-order valence-corrected chi connectivity index (χ2v) is 4.60. The van der Waals surface area contributed by atoms with Crippen LogP contribution in [0.3, 0.4) is 0 Å². The second-order valence-electron chi connectivity index (χ2n) is 4.60. The average Bonchev–Trinajstić information content (AvgIpc) is 2.11. The number of hydrogen-bond donors (Lipinski definition) is 1. The molecule has 1 aliphatic rings. The fraction of sp³-hybridized carbons (Fsp3) is 0.583. The van der Waals surface area contributed by atoms with Gasteiger partial charge in [0.15, 0.2) is 5.82 Å². The molecule has 2 N–H and O–H groups in total. The molecule has 0 amide bonds. The normalized spacial score (nSPS) is 16.1. The molecule has 1 saturated carbocycles. The Morgan fingerprint density at radius 3 is 2.80 bits per heavy atom. The standard InChI is InChI=1S/C12H19N3/c1-9-6-11(13)12(14-7-9)15(2)8-10-4-3-5-10/h6-7,10H,3-5,8,13H2,1-2H3. The Balaban J connectivity index is 2.06. The number of nitrogens with two attached hydrogens (primary N) is 1. The van der Waals surface area contributed by atoms with E-state index >= 15 is 0 Å². The Kier molecular flexibility index (Phi) is 2.80. The third-order valence-corrected chi connectivity index (χ3v) is 3.15. The van der Waals surface area contributed by atoms with Crippen LogP contribution in [0.25, 0.3) is 0 Å². The lowest BCUT2D eigenvalue weighted by Crippen LogP contribution is -2.30. The Labute approximate surface area is 91.3 Å². The van der Waals surface area contributed by atoms with Crippen LogP contribution in [-0.4, -0.2) is 18.6 Å². The third kappa shape index (κ3) is 2.22. The molecule has 0 bridgehead atoms. The molecule has 0 aliphatic heterocycles. The Hall–Kier alpha value is -1.25. The number of rotatable bonds is 3. The number of pyridine rings is 1. The SMILES string of the molecule is Cc1cnc(N(C)CC2CCC2)c(N)c1. The highest BCUT2D eigenvalue weighted by Gasteiger charge is 2.20. The van der Waals surface area contributed by atoms with Crippen molar-refractivity contribution in [2.75, 3.05) is 24.2 Å². The van der Waals surface area contributed by atoms with Crippen molar-refractivity contribution in [3.63, 3.8) is 0 Å². The van der Waals surface area contributed by atoms with Gasteiger partial charge in [-0.1, -0.05) is 6.42 Å². The van der Waals surface area contributed by atoms with Gasteiger partial charge < -0.3 is 10.6 Å². The van der Waals surface area contributed by atoms with E-state index < -0.39 is 0 Å². The predicted molar refractivity (Wildman–Crippen MR) is 64.0 cm³/mol. The smallest absolute Gasteiger partial charge is 0.151 e. The van der Waals surface area contributed by atoms with E-state index in [0.29, 0.717) is 0 Å². The van der Waals surface area contributed by atoms with Gasteiger partial charge in [0.2, 0.25) is 0 Å². The van der Waals surface area contributed by atoms with Gasteiger partial charge in [0.1, 0.15) is 0 Å². The molecule has 1 heterocycles. The highest BCUT2D eigenvalue weighted by Crippen LogP contribution is 2.29. The fourth-order valence-electron chi connectivity index (χ4n) is 2.05. The van der Waals surface area contributed by atoms with Gasteiger partial charge in [-0.05, 0) is 37.3 Å². The van der Waals surface area contributed by atoms with Crippen LogP contribution in [0.2, 0.25) is 0 Å². The van der Waals surface area contributed by atoms with E-state index in [2.05, 4.69) is 16.9 Å². The summed E-state index contributed by atoms with van der Waals surface area (Å²) in [6, 6.07) is 1.99. The topological polar surface area (TPSA) is 42.2 Å². The summed E-state index contributed by atoms with van der Waals surface area (Å²) in [7, 11) is 2.08. The van der Waals surface area contributed by atoms with E-state index in [1.165, 1.54) is 19.3 Å². The molecule has 1 aliphatic carbocycles. The molecule has 82 valence electrons. The van der Waals surface area contributed by atoms with Crippen LogP contribution in [-0.2, 0) is 0 Å². The first kappa shape index (κ1) is 10.3. The van der Waals surface area contributed by atoms with Gasteiger partial charge in [-0.2, -0.15) is 0 Å². The first-order chi connectivity index (χ1) is 7.16. The minimum atomic E-state index is 0.789. The molecule has 0 spiro atoms. The molecule has 0 unspecified atom stereocenters. The summed E-state index contributed by atoms with van der Waals surface area (Å²) in [6.07, 6.45) is 5.98. The zero-order valence-electron chi connectivity index (χ0n) is 9.53. The summed E-state index contributed by atoms with van der Waals surface area (Å²) in [5.41, 5.74) is 7.86. The number of nitrogen functional groups attached to an aromatic ring is 1. The maximum Gasteiger partial charge on any atom is 0.151 e. The predicted octanol–water partition coefficient (Wildman–Crippen LogP) is 2.21. The largest absolute Gasteiger partial charge is 0.396 e. The lowest BCUT2D eigenvalue weighted by Gasteiger charge is -2.31. The quantitative estimate of drug-likeness (QED) is 0.822. The number of aryl methyl sites for hydroxylation is 1. The molecule has 3 heteroatoms. The van der Waals surface area contributed by atoms with E-state index in [1.54, 1.807) is 0 Å². The molecule has 0 aromatic carbocycles. The molecule has 2 rings (SSSR count). The van der Waals surface area contributed by atoms with Crippen LogP contribution < -0.4 is 10.6 Å². The molecule has 1 aromatic rings. The highest BCUT2D eigenvalue weighted by molar-refractivity contribution is 5.62. The van der Waals surface area contributed by atoms with Gasteiger partial charge in [-0.3, -0.25) is 0 Å². The van der Waals surface area contributed by atoms with Crippen LogP contribution >= 0.6 is 0 Å². The molecule has 0 saturated heterocycles. The molecule has 1 aromatic heterocycles. The number of anilines is 2. The molecule has 1 fully saturated rings. The Bertz CT molecular complexity index is 345. The van der Waals surface area contributed by atoms with Gasteiger partial charge in [0, 0.05) is 19.8 Å². The summed E-state index contributed by atoms with van der Waals surface area (Å²) in [4.78, 5) is 6.57. The average molecular weight is 205 g/mol. The van der Waals surface area contributed by atoms with Gasteiger partial charge in [-0.25, -0.2) is 4.98 Å². The van der Waals surface area contributed by atoms with Gasteiger partial charge in [0.05, 0.1) is 5.69 Å². The number of nitrogens with zero attached hydrogens (tertiary/aromatic N) is 2. The van der Waals surface area contributed by atoms with Crippen molar-refractivity contribution in [3.05, 3.63) is 17.8 Å². The van der Waals surface area contributed by atoms with Crippen LogP contribution in [0.1, 0.15) is 24.8 Å². The van der Waals surface area contributed by atoms with E-state index in [4.69, 9.17) is 5.73 Å². The van der Waals surface area contributed by atoms with Gasteiger partial charge in [0.25, 0.3) is 0 Å². The lowest BCUT2D eigenvalue weighted by molar-refractivity contribution is 0.321. The summed E-state index contributed by atoms with van der Waals surface area (Å²) in [5, 5.41) is 0. The number of aromatic nitrogens is 1. The van der Waals surface area contributed by atoms with Crippen LogP contribution in [0.5, 0.6) is 0 Å². The Morgan fingerprint density at radius 2 is 2.27 bits per heavy atom. The van der Waals surface area contributed by atoms with Crippen molar-refractivity contribution in [2.45, 2.75) is 26.2 Å². The van der Waals surface area contributed by atoms with Crippen LogP contribution in [0.4, 0.5) is 11.5 Å². The molecule has 15 heavy (non-hydrogen) atoms. The first-order valence-electron chi connectivity index (χ1n) is 5.60. The molecule has 0 radical (unpaired) electrons. The van der Waals surface area contributed by atoms with Crippen molar-refractivity contribution in [3.8, 4) is 0 Å². The Morgan fingerprint density at radius 1 is 1.53 bits per heavy atom. The molecule has 0 atom stereocenters. The molecular weight excluding hydrogens is 186 g/mol. The van der Waals surface area contributed by atoms with E-state index in [-0.39, 0.29) is 0 Å². The fourth-order valence-corrected chi connectivity index (χ4v) is 2.05. The minimum Gasteiger partial charge on any atom is -0.396 e. The zero-order chi connectivity index (χ0) is 10.8. The summed E-state index contributed by atoms with van der Waals surface area (Å²) in [6.45, 7) is 3.10. The van der Waals surface area contributed by atoms with E-state index in [1.807, 2.05) is 19.2 Å². The van der Waals surface area contributed by atoms with Crippen molar-refractivity contribution in [1.82, 2.24) is 4.98 Å². The highest BCUT2D eigenvalue weighted by atomic mass is 15.2. The van der Waals surface area contributed by atoms with Crippen molar-refractivity contribution >= 4 is 11.5 Å². The zero-order valence-corrected chi connectivity index (χ0v) is 9.53. The van der Waals surface area contributed by atoms with Crippen molar-refractivity contribution in [1.29, 1.82) is 0 Å². The monoisotopic (exact) mass is 205 g/mol. The van der Waals surface area contributed by atoms with E-state index in [0.717, 1.165) is 29.5 Å². The second kappa shape index (κ2) is 4.09. The summed E-state index contributed by atoms with van der Waals surface area (Å²) < 4.78 is 0. The molecule has 3 nitrogen and oxygen atoms in total. The minimum absolute atomic E-state index is 0.789. The van der Waals surface area contributed by atoms with Crippen molar-refractivity contribution in [2.24, 2.45) is 5.92 Å². The van der Waals surface area contributed by atoms with Gasteiger partial charge in [-0.15, -0.1) is 0 Å². The maximum absolute atomic E-state index is 5.95. The first-order valence-corrected chi connectivity index (χ1v) is 5.60.